The number of rotatable bonds is 5. The van der Waals surface area contributed by atoms with E-state index in [-0.39, 0.29) is 0 Å². The van der Waals surface area contributed by atoms with Crippen molar-refractivity contribution in [2.24, 2.45) is 0 Å². The van der Waals surface area contributed by atoms with Crippen molar-refractivity contribution in [3.8, 4) is 27.5 Å². The molecule has 0 saturated carbocycles. The Morgan fingerprint density at radius 1 is 1.14 bits per heavy atom. The number of carbonyl (C=O) groups is 1. The van der Waals surface area contributed by atoms with Gasteiger partial charge in [-0.2, -0.15) is 16.9 Å². The quantitative estimate of drug-likeness (QED) is 0.403. The molecule has 4 heterocycles. The summed E-state index contributed by atoms with van der Waals surface area (Å²) < 4.78 is 6.79. The largest absolute Gasteiger partial charge is 0.453 e. The smallest absolute Gasteiger partial charge is 0.413 e. The molecular weight excluding hydrogens is 492 g/mol. The highest BCUT2D eigenvalue weighted by molar-refractivity contribution is 7.99. The molecule has 1 aliphatic carbocycles. The fraction of sp³-hybridized carbons (Fsp3) is 0.308. The summed E-state index contributed by atoms with van der Waals surface area (Å²) >= 11 is 3.49. The molecule has 1 N–H and O–H groups in total. The molecule has 1 amide bonds. The summed E-state index contributed by atoms with van der Waals surface area (Å²) in [4.78, 5) is 24.3. The van der Waals surface area contributed by atoms with Gasteiger partial charge in [0.25, 0.3) is 0 Å². The number of thioether (sulfide) groups is 1. The molecule has 3 aromatic heterocycles. The molecule has 36 heavy (non-hydrogen) atoms. The number of hydrogen-bond donors (Lipinski definition) is 1. The molecule has 1 saturated heterocycles. The van der Waals surface area contributed by atoms with Crippen molar-refractivity contribution in [1.29, 1.82) is 0 Å². The maximum atomic E-state index is 11.8. The molecule has 0 atom stereocenters. The van der Waals surface area contributed by atoms with Crippen molar-refractivity contribution in [2.45, 2.75) is 19.4 Å². The minimum Gasteiger partial charge on any atom is -0.453 e. The van der Waals surface area contributed by atoms with Crippen molar-refractivity contribution < 1.29 is 9.53 Å². The number of carbonyl (C=O) groups excluding carboxylic acids is 1. The lowest BCUT2D eigenvalue weighted by Crippen LogP contribution is -2.31. The van der Waals surface area contributed by atoms with Gasteiger partial charge in [-0.15, -0.1) is 0 Å². The van der Waals surface area contributed by atoms with Gasteiger partial charge in [0, 0.05) is 54.7 Å². The maximum absolute atomic E-state index is 11.8. The Balaban J connectivity index is 1.40. The first kappa shape index (κ1) is 23.2. The van der Waals surface area contributed by atoms with Crippen LogP contribution < -0.4 is 5.32 Å². The molecular formula is C26H26N6O2S2. The number of nitrogens with one attached hydrogen (secondary N) is 1. The molecule has 10 heteroatoms. The Bertz CT molecular complexity index is 1380. The van der Waals surface area contributed by atoms with Crippen LogP contribution in [-0.2, 0) is 24.1 Å². The van der Waals surface area contributed by atoms with Gasteiger partial charge in [0.1, 0.15) is 0 Å². The number of methoxy groups -OCH3 is 1. The van der Waals surface area contributed by atoms with Gasteiger partial charge in [-0.3, -0.25) is 15.2 Å². The number of anilines is 1. The van der Waals surface area contributed by atoms with Gasteiger partial charge in [0.15, 0.2) is 5.13 Å². The third-order valence-electron chi connectivity index (χ3n) is 6.53. The van der Waals surface area contributed by atoms with Crippen molar-refractivity contribution in [3.63, 3.8) is 0 Å². The molecule has 0 bridgehead atoms. The molecule has 6 rings (SSSR count). The fourth-order valence-electron chi connectivity index (χ4n) is 4.74. The number of benzene rings is 1. The summed E-state index contributed by atoms with van der Waals surface area (Å²) in [5.74, 6) is 2.41. The highest BCUT2D eigenvalue weighted by Crippen LogP contribution is 2.44. The zero-order valence-electron chi connectivity index (χ0n) is 19.9. The lowest BCUT2D eigenvalue weighted by molar-refractivity contribution is 0.187. The number of thiazole rings is 1. The molecule has 4 aromatic rings. The second kappa shape index (κ2) is 10.0. The van der Waals surface area contributed by atoms with E-state index in [1.807, 2.05) is 34.8 Å². The van der Waals surface area contributed by atoms with E-state index in [0.717, 1.165) is 65.7 Å². The summed E-state index contributed by atoms with van der Waals surface area (Å²) in [5.41, 5.74) is 7.43. The number of hydrogen-bond acceptors (Lipinski definition) is 8. The highest BCUT2D eigenvalue weighted by atomic mass is 32.2. The molecule has 0 radical (unpaired) electrons. The average Bonchev–Trinajstić information content (AvgIpc) is 3.51. The molecule has 1 aromatic carbocycles. The van der Waals surface area contributed by atoms with E-state index in [0.29, 0.717) is 5.13 Å². The van der Waals surface area contributed by atoms with Gasteiger partial charge in [-0.25, -0.2) is 14.5 Å². The van der Waals surface area contributed by atoms with Gasteiger partial charge in [-0.05, 0) is 42.7 Å². The topological polar surface area (TPSA) is 85.2 Å². The second-order valence-electron chi connectivity index (χ2n) is 8.80. The van der Waals surface area contributed by atoms with Gasteiger partial charge in [-0.1, -0.05) is 23.5 Å². The summed E-state index contributed by atoms with van der Waals surface area (Å²) in [6, 6.07) is 12.7. The molecule has 1 aliphatic heterocycles. The van der Waals surface area contributed by atoms with Crippen LogP contribution in [0.1, 0.15) is 16.8 Å². The van der Waals surface area contributed by atoms with Gasteiger partial charge < -0.3 is 4.74 Å². The van der Waals surface area contributed by atoms with E-state index in [2.05, 4.69) is 44.5 Å². The Hall–Kier alpha value is -3.21. The van der Waals surface area contributed by atoms with E-state index in [9.17, 15) is 4.79 Å². The van der Waals surface area contributed by atoms with Gasteiger partial charge >= 0.3 is 6.09 Å². The number of aryl methyl sites for hydroxylation is 1. The molecule has 184 valence electrons. The number of aromatic nitrogens is 4. The summed E-state index contributed by atoms with van der Waals surface area (Å²) in [6.07, 6.45) is 4.72. The number of amides is 1. The number of nitrogens with zero attached hydrogens (tertiary/aromatic N) is 5. The van der Waals surface area contributed by atoms with Crippen LogP contribution in [0.3, 0.4) is 0 Å². The number of pyridine rings is 1. The zero-order valence-corrected chi connectivity index (χ0v) is 21.6. The molecule has 8 nitrogen and oxygen atoms in total. The maximum Gasteiger partial charge on any atom is 0.413 e. The normalized spacial score (nSPS) is 15.2. The number of fused-ring (bicyclic) bond motifs is 3. The van der Waals surface area contributed by atoms with Crippen molar-refractivity contribution in [3.05, 3.63) is 65.6 Å². The van der Waals surface area contributed by atoms with Crippen molar-refractivity contribution >= 4 is 34.3 Å². The standard InChI is InChI=1S/C26H26N6O2S2/c1-34-26(33)29-25-28-21-9-8-20-22(18-3-2-10-27-15-18)30-32(23(20)24(21)36-25)19-6-4-17(5-7-19)16-31-11-13-35-14-12-31/h2-7,10,15H,8-9,11-14,16H2,1H3,(H,28,29,33). The first-order valence-corrected chi connectivity index (χ1v) is 13.9. The molecule has 1 fully saturated rings. The summed E-state index contributed by atoms with van der Waals surface area (Å²) in [7, 11) is 1.35. The number of ether oxygens (including phenoxy) is 1. The minimum absolute atomic E-state index is 0.520. The van der Waals surface area contributed by atoms with Crippen LogP contribution in [0.2, 0.25) is 0 Å². The average molecular weight is 519 g/mol. The predicted molar refractivity (Wildman–Crippen MR) is 144 cm³/mol. The third-order valence-corrected chi connectivity index (χ3v) is 8.49. The van der Waals surface area contributed by atoms with Crippen LogP contribution in [0.15, 0.2) is 48.8 Å². The van der Waals surface area contributed by atoms with Gasteiger partial charge in [0.2, 0.25) is 0 Å². The first-order valence-electron chi connectivity index (χ1n) is 12.0. The Kier molecular flexibility index (Phi) is 6.47. The first-order chi connectivity index (χ1) is 17.7. The van der Waals surface area contributed by atoms with E-state index >= 15 is 0 Å². The lowest BCUT2D eigenvalue weighted by Gasteiger charge is -2.26. The van der Waals surface area contributed by atoms with Crippen LogP contribution in [0.4, 0.5) is 9.93 Å². The van der Waals surface area contributed by atoms with E-state index in [4.69, 9.17) is 9.84 Å². The Labute approximate surface area is 217 Å². The Morgan fingerprint density at radius 2 is 1.97 bits per heavy atom. The van der Waals surface area contributed by atoms with Crippen LogP contribution in [0.25, 0.3) is 27.5 Å². The molecule has 0 spiro atoms. The summed E-state index contributed by atoms with van der Waals surface area (Å²) in [5, 5.41) is 8.35. The van der Waals surface area contributed by atoms with E-state index in [1.54, 1.807) is 6.20 Å². The van der Waals surface area contributed by atoms with Gasteiger partial charge in [0.05, 0.1) is 34.8 Å². The Morgan fingerprint density at radius 3 is 2.72 bits per heavy atom. The minimum atomic E-state index is -0.520. The van der Waals surface area contributed by atoms with Crippen LogP contribution in [0.5, 0.6) is 0 Å². The lowest BCUT2D eigenvalue weighted by atomic mass is 9.95. The van der Waals surface area contributed by atoms with Crippen LogP contribution >= 0.6 is 23.1 Å². The van der Waals surface area contributed by atoms with Crippen molar-refractivity contribution in [2.75, 3.05) is 37.0 Å². The van der Waals surface area contributed by atoms with E-state index < -0.39 is 6.09 Å². The summed E-state index contributed by atoms with van der Waals surface area (Å²) in [6.45, 7) is 3.26. The second-order valence-corrected chi connectivity index (χ2v) is 11.0. The molecule has 2 aliphatic rings. The fourth-order valence-corrected chi connectivity index (χ4v) is 6.78. The van der Waals surface area contributed by atoms with Crippen LogP contribution in [-0.4, -0.2) is 62.4 Å². The van der Waals surface area contributed by atoms with Crippen molar-refractivity contribution in [1.82, 2.24) is 24.6 Å². The zero-order chi connectivity index (χ0) is 24.5. The SMILES string of the molecule is COC(=O)Nc1nc2c(s1)-c1c(c(-c3cccnc3)nn1-c1ccc(CN3CCSCC3)cc1)CC2. The monoisotopic (exact) mass is 518 g/mol. The molecule has 0 unspecified atom stereocenters. The third kappa shape index (κ3) is 4.52. The van der Waals surface area contributed by atoms with E-state index in [1.165, 1.54) is 41.1 Å². The highest BCUT2D eigenvalue weighted by Gasteiger charge is 2.30. The predicted octanol–water partition coefficient (Wildman–Crippen LogP) is 4.88. The van der Waals surface area contributed by atoms with Crippen LogP contribution in [0, 0.1) is 0 Å².